The fourth-order valence-corrected chi connectivity index (χ4v) is 1.97. The van der Waals surface area contributed by atoms with Gasteiger partial charge in [-0.2, -0.15) is 5.10 Å². The van der Waals surface area contributed by atoms with Gasteiger partial charge in [0.25, 0.3) is 0 Å². The summed E-state index contributed by atoms with van der Waals surface area (Å²) in [6, 6.07) is 3.94. The average Bonchev–Trinajstić information content (AvgIpc) is 2.95. The smallest absolute Gasteiger partial charge is 0.189 e. The number of rotatable bonds is 2. The molecule has 1 aliphatic heterocycles. The standard InChI is InChI=1S/C11H16N4S/c1-9(10-5-4-6-12-10)13-14-11(16)15-7-2-3-8-15/h4-6,12H,2-3,7-8H2,1H3,(H,14,16)/b13-9+. The van der Waals surface area contributed by atoms with Gasteiger partial charge in [-0.25, -0.2) is 0 Å². The number of likely N-dealkylation sites (tertiary alicyclic amines) is 1. The minimum absolute atomic E-state index is 0.725. The second-order valence-corrected chi connectivity index (χ2v) is 4.28. The van der Waals surface area contributed by atoms with Crippen LogP contribution in [0, 0.1) is 0 Å². The molecule has 1 aromatic heterocycles. The zero-order valence-corrected chi connectivity index (χ0v) is 10.2. The van der Waals surface area contributed by atoms with E-state index in [1.54, 1.807) is 0 Å². The van der Waals surface area contributed by atoms with Gasteiger partial charge in [-0.05, 0) is 44.1 Å². The molecule has 0 spiro atoms. The number of aromatic nitrogens is 1. The van der Waals surface area contributed by atoms with Crippen molar-refractivity contribution in [3.05, 3.63) is 24.0 Å². The van der Waals surface area contributed by atoms with Crippen molar-refractivity contribution in [1.82, 2.24) is 15.3 Å². The molecule has 16 heavy (non-hydrogen) atoms. The van der Waals surface area contributed by atoms with E-state index < -0.39 is 0 Å². The molecule has 2 N–H and O–H groups in total. The first-order chi connectivity index (χ1) is 7.77. The molecule has 2 rings (SSSR count). The van der Waals surface area contributed by atoms with E-state index in [0.717, 1.165) is 29.6 Å². The molecule has 0 saturated carbocycles. The molecule has 0 atom stereocenters. The van der Waals surface area contributed by atoms with E-state index in [0.29, 0.717) is 0 Å². The normalized spacial score (nSPS) is 16.6. The summed E-state index contributed by atoms with van der Waals surface area (Å²) >= 11 is 5.26. The fourth-order valence-electron chi connectivity index (χ4n) is 1.74. The van der Waals surface area contributed by atoms with Crippen LogP contribution in [0.2, 0.25) is 0 Å². The Morgan fingerprint density at radius 3 is 2.88 bits per heavy atom. The summed E-state index contributed by atoms with van der Waals surface area (Å²) in [7, 11) is 0. The second kappa shape index (κ2) is 5.12. The molecule has 0 unspecified atom stereocenters. The van der Waals surface area contributed by atoms with Crippen molar-refractivity contribution in [3.8, 4) is 0 Å². The molecular weight excluding hydrogens is 220 g/mol. The van der Waals surface area contributed by atoms with Gasteiger partial charge < -0.3 is 9.88 Å². The Balaban J connectivity index is 1.90. The Bertz CT molecular complexity index is 377. The van der Waals surface area contributed by atoms with E-state index in [1.807, 2.05) is 25.3 Å². The lowest BCUT2D eigenvalue weighted by Crippen LogP contribution is -2.35. The van der Waals surface area contributed by atoms with Crippen LogP contribution in [-0.4, -0.2) is 33.8 Å². The van der Waals surface area contributed by atoms with Crippen LogP contribution in [-0.2, 0) is 0 Å². The zero-order chi connectivity index (χ0) is 11.4. The highest BCUT2D eigenvalue weighted by Crippen LogP contribution is 2.07. The summed E-state index contributed by atoms with van der Waals surface area (Å²) in [6.45, 7) is 4.04. The Labute approximate surface area is 101 Å². The molecular formula is C11H16N4S. The van der Waals surface area contributed by atoms with Crippen molar-refractivity contribution in [2.75, 3.05) is 13.1 Å². The van der Waals surface area contributed by atoms with Crippen molar-refractivity contribution in [2.45, 2.75) is 19.8 Å². The van der Waals surface area contributed by atoms with Crippen LogP contribution in [0.3, 0.4) is 0 Å². The second-order valence-electron chi connectivity index (χ2n) is 3.89. The minimum Gasteiger partial charge on any atom is -0.360 e. The largest absolute Gasteiger partial charge is 0.360 e. The van der Waals surface area contributed by atoms with Crippen molar-refractivity contribution in [3.63, 3.8) is 0 Å². The number of nitrogens with zero attached hydrogens (tertiary/aromatic N) is 2. The summed E-state index contributed by atoms with van der Waals surface area (Å²) in [4.78, 5) is 5.26. The number of hydrogen-bond acceptors (Lipinski definition) is 2. The van der Waals surface area contributed by atoms with Gasteiger partial charge in [0.05, 0.1) is 11.4 Å². The molecule has 4 nitrogen and oxygen atoms in total. The SMILES string of the molecule is C/C(=N\NC(=S)N1CCCC1)c1ccc[nH]1. The Morgan fingerprint density at radius 2 is 2.25 bits per heavy atom. The molecule has 0 radical (unpaired) electrons. The quantitative estimate of drug-likeness (QED) is 0.467. The maximum atomic E-state index is 5.26. The lowest BCUT2D eigenvalue weighted by atomic mass is 10.3. The summed E-state index contributed by atoms with van der Waals surface area (Å²) in [5.74, 6) is 0. The number of thiocarbonyl (C=S) groups is 1. The number of nitrogens with one attached hydrogen (secondary N) is 2. The maximum Gasteiger partial charge on any atom is 0.189 e. The summed E-state index contributed by atoms with van der Waals surface area (Å²) in [5, 5.41) is 4.99. The molecule has 5 heteroatoms. The van der Waals surface area contributed by atoms with Crippen LogP contribution in [0.4, 0.5) is 0 Å². The highest BCUT2D eigenvalue weighted by Gasteiger charge is 2.13. The number of H-pyrrole nitrogens is 1. The lowest BCUT2D eigenvalue weighted by molar-refractivity contribution is 0.509. The van der Waals surface area contributed by atoms with E-state index in [9.17, 15) is 0 Å². The van der Waals surface area contributed by atoms with Gasteiger partial charge in [0.2, 0.25) is 0 Å². The van der Waals surface area contributed by atoms with Crippen LogP contribution in [0.15, 0.2) is 23.4 Å². The molecule has 0 aromatic carbocycles. The first-order valence-electron chi connectivity index (χ1n) is 5.50. The molecule has 1 aliphatic rings. The summed E-state index contributed by atoms with van der Waals surface area (Å²) in [5.41, 5.74) is 4.86. The van der Waals surface area contributed by atoms with E-state index in [2.05, 4.69) is 20.4 Å². The molecule has 0 bridgehead atoms. The average molecular weight is 236 g/mol. The van der Waals surface area contributed by atoms with E-state index in [1.165, 1.54) is 12.8 Å². The van der Waals surface area contributed by atoms with Crippen molar-refractivity contribution in [1.29, 1.82) is 0 Å². The number of hydrazone groups is 1. The fraction of sp³-hybridized carbons (Fsp3) is 0.455. The summed E-state index contributed by atoms with van der Waals surface area (Å²) in [6.07, 6.45) is 4.33. The van der Waals surface area contributed by atoms with Crippen molar-refractivity contribution in [2.24, 2.45) is 5.10 Å². The molecule has 0 amide bonds. The molecule has 1 aromatic rings. The molecule has 0 aliphatic carbocycles. The predicted octanol–water partition coefficient (Wildman–Crippen LogP) is 1.71. The topological polar surface area (TPSA) is 43.4 Å². The predicted molar refractivity (Wildman–Crippen MR) is 69.5 cm³/mol. The van der Waals surface area contributed by atoms with Gasteiger partial charge >= 0.3 is 0 Å². The molecule has 1 saturated heterocycles. The highest BCUT2D eigenvalue weighted by atomic mass is 32.1. The summed E-state index contributed by atoms with van der Waals surface area (Å²) < 4.78 is 0. The van der Waals surface area contributed by atoms with E-state index in [-0.39, 0.29) is 0 Å². The molecule has 2 heterocycles. The van der Waals surface area contributed by atoms with Gasteiger partial charge in [0.15, 0.2) is 5.11 Å². The van der Waals surface area contributed by atoms with Gasteiger partial charge in [-0.3, -0.25) is 5.43 Å². The Hall–Kier alpha value is -1.36. The van der Waals surface area contributed by atoms with Crippen molar-refractivity contribution < 1.29 is 0 Å². The zero-order valence-electron chi connectivity index (χ0n) is 9.36. The monoisotopic (exact) mass is 236 g/mol. The third-order valence-electron chi connectivity index (χ3n) is 2.70. The van der Waals surface area contributed by atoms with Gasteiger partial charge in [-0.1, -0.05) is 0 Å². The van der Waals surface area contributed by atoms with E-state index >= 15 is 0 Å². The van der Waals surface area contributed by atoms with Crippen LogP contribution in [0.1, 0.15) is 25.5 Å². The van der Waals surface area contributed by atoms with Crippen LogP contribution in [0.5, 0.6) is 0 Å². The van der Waals surface area contributed by atoms with E-state index in [4.69, 9.17) is 12.2 Å². The third-order valence-corrected chi connectivity index (χ3v) is 3.05. The minimum atomic E-state index is 0.725. The Kier molecular flexibility index (Phi) is 3.56. The lowest BCUT2D eigenvalue weighted by Gasteiger charge is -2.17. The first kappa shape index (κ1) is 11.1. The number of hydrogen-bond donors (Lipinski definition) is 2. The highest BCUT2D eigenvalue weighted by molar-refractivity contribution is 7.80. The van der Waals surface area contributed by atoms with Crippen LogP contribution in [0.25, 0.3) is 0 Å². The Morgan fingerprint density at radius 1 is 1.50 bits per heavy atom. The van der Waals surface area contributed by atoms with Gasteiger partial charge in [0.1, 0.15) is 0 Å². The third kappa shape index (κ3) is 2.61. The molecule has 86 valence electrons. The van der Waals surface area contributed by atoms with Crippen molar-refractivity contribution >= 4 is 23.0 Å². The molecule has 1 fully saturated rings. The number of aromatic amines is 1. The van der Waals surface area contributed by atoms with Gasteiger partial charge in [-0.15, -0.1) is 0 Å². The van der Waals surface area contributed by atoms with Gasteiger partial charge in [0, 0.05) is 19.3 Å². The first-order valence-corrected chi connectivity index (χ1v) is 5.91. The van der Waals surface area contributed by atoms with Crippen LogP contribution >= 0.6 is 12.2 Å². The van der Waals surface area contributed by atoms with Crippen LogP contribution < -0.4 is 5.43 Å². The maximum absolute atomic E-state index is 5.26.